The number of carbonyl (C=O) groups is 2. The van der Waals surface area contributed by atoms with Crippen molar-refractivity contribution in [1.82, 2.24) is 9.44 Å². The van der Waals surface area contributed by atoms with Gasteiger partial charge in [0, 0.05) is 0 Å². The average Bonchev–Trinajstić information content (AvgIpc) is 3.76. The molecule has 42 heavy (non-hydrogen) atoms. The Bertz CT molecular complexity index is 1760. The van der Waals surface area contributed by atoms with Crippen molar-refractivity contribution in [3.05, 3.63) is 102 Å². The summed E-state index contributed by atoms with van der Waals surface area (Å²) in [4.78, 5) is 24.2. The Labute approximate surface area is 240 Å². The van der Waals surface area contributed by atoms with Gasteiger partial charge in [-0.2, -0.15) is 0 Å². The highest BCUT2D eigenvalue weighted by molar-refractivity contribution is 7.89. The Kier molecular flexibility index (Phi) is 7.88. The van der Waals surface area contributed by atoms with Crippen molar-refractivity contribution in [2.24, 2.45) is 0 Å². The highest BCUT2D eigenvalue weighted by Gasteiger charge is 2.52. The molecular formula is C26H26N2O12S2. The normalized spacial score (nSPS) is 22.4. The number of hydrogen-bond donors (Lipinski definition) is 4. The third-order valence-corrected chi connectivity index (χ3v) is 8.83. The van der Waals surface area contributed by atoms with E-state index in [9.17, 15) is 36.6 Å². The lowest BCUT2D eigenvalue weighted by atomic mass is 9.98. The van der Waals surface area contributed by atoms with E-state index in [-0.39, 0.29) is 22.2 Å². The van der Waals surface area contributed by atoms with E-state index in [0.717, 1.165) is 0 Å². The molecule has 0 fully saturated rings. The molecule has 0 radical (unpaired) electrons. The van der Waals surface area contributed by atoms with Crippen molar-refractivity contribution in [3.63, 3.8) is 0 Å². The van der Waals surface area contributed by atoms with Crippen molar-refractivity contribution in [1.29, 1.82) is 0 Å². The van der Waals surface area contributed by atoms with Gasteiger partial charge in [0.25, 0.3) is 21.6 Å². The maximum atomic E-state index is 12.3. The van der Waals surface area contributed by atoms with Crippen molar-refractivity contribution < 1.29 is 54.9 Å². The number of furan rings is 2. The molecule has 2 unspecified atom stereocenters. The average molecular weight is 623 g/mol. The molecular weight excluding hydrogens is 596 g/mol. The fraction of sp³-hybridized carbons (Fsp3) is 0.231. The van der Waals surface area contributed by atoms with Crippen LogP contribution in [0.3, 0.4) is 0 Å². The summed E-state index contributed by atoms with van der Waals surface area (Å²) in [5.41, 5.74) is -3.19. The molecule has 2 atom stereocenters. The highest BCUT2D eigenvalue weighted by Crippen LogP contribution is 2.38. The molecule has 5 rings (SSSR count). The van der Waals surface area contributed by atoms with Crippen molar-refractivity contribution in [2.45, 2.75) is 36.9 Å². The minimum Gasteiger partial charge on any atom is -0.501 e. The largest absolute Gasteiger partial charge is 0.501 e. The van der Waals surface area contributed by atoms with Crippen LogP contribution in [-0.4, -0.2) is 44.4 Å². The van der Waals surface area contributed by atoms with E-state index in [4.69, 9.17) is 18.3 Å². The second kappa shape index (κ2) is 10.9. The molecule has 224 valence electrons. The number of Topliss-reactive ketones (excluding diaryl/α,β-unsaturated/α-hetero) is 2. The van der Waals surface area contributed by atoms with Crippen LogP contribution in [0.4, 0.5) is 0 Å². The molecule has 1 aromatic carbocycles. The number of aliphatic hydroxyl groups is 2. The first-order valence-electron chi connectivity index (χ1n) is 12.1. The molecule has 0 saturated carbocycles. The van der Waals surface area contributed by atoms with Gasteiger partial charge in [-0.15, -0.1) is 0 Å². The molecule has 2 aliphatic rings. The lowest BCUT2D eigenvalue weighted by Crippen LogP contribution is -2.32. The lowest BCUT2D eigenvalue weighted by molar-refractivity contribution is -0.133. The minimum absolute atomic E-state index is 0.0250. The molecule has 2 aliphatic heterocycles. The molecule has 16 heteroatoms. The van der Waals surface area contributed by atoms with Gasteiger partial charge >= 0.3 is 0 Å². The number of sulfonamides is 2. The van der Waals surface area contributed by atoms with Crippen LogP contribution in [0.15, 0.2) is 104 Å². The van der Waals surface area contributed by atoms with Gasteiger partial charge in [-0.3, -0.25) is 14.3 Å². The van der Waals surface area contributed by atoms with Crippen LogP contribution in [0, 0.1) is 0 Å². The first-order chi connectivity index (χ1) is 19.6. The fourth-order valence-electron chi connectivity index (χ4n) is 3.81. The predicted octanol–water partition coefficient (Wildman–Crippen LogP) is 2.56. The van der Waals surface area contributed by atoms with E-state index in [1.165, 1.54) is 57.6 Å². The SMILES string of the molecule is CC1(c2ccco2)OC(NS(=O)(=O)c2ccccc2)=C(O)C1=O.CCS(=O)(=O)NC1=C(O)C(=O)C(C)(c2ccco2)O1. The summed E-state index contributed by atoms with van der Waals surface area (Å²) in [5, 5.41) is 19.6. The molecule has 2 aromatic heterocycles. The van der Waals surface area contributed by atoms with Gasteiger partial charge in [0.05, 0.1) is 23.2 Å². The summed E-state index contributed by atoms with van der Waals surface area (Å²) in [6, 6.07) is 13.6. The fourth-order valence-corrected chi connectivity index (χ4v) is 5.39. The third kappa shape index (κ3) is 5.58. The molecule has 4 N–H and O–H groups in total. The zero-order valence-electron chi connectivity index (χ0n) is 22.4. The van der Waals surface area contributed by atoms with E-state index in [2.05, 4.69) is 4.72 Å². The van der Waals surface area contributed by atoms with Gasteiger partial charge in [0.2, 0.25) is 44.5 Å². The predicted molar refractivity (Wildman–Crippen MR) is 143 cm³/mol. The van der Waals surface area contributed by atoms with Crippen LogP contribution in [0.5, 0.6) is 0 Å². The second-order valence-corrected chi connectivity index (χ2v) is 12.9. The zero-order chi connectivity index (χ0) is 30.9. The van der Waals surface area contributed by atoms with Gasteiger partial charge < -0.3 is 28.5 Å². The topological polar surface area (TPSA) is 212 Å². The van der Waals surface area contributed by atoms with Crippen LogP contribution in [-0.2, 0) is 50.3 Å². The first kappa shape index (κ1) is 30.3. The highest BCUT2D eigenvalue weighted by atomic mass is 32.2. The first-order valence-corrected chi connectivity index (χ1v) is 15.3. The van der Waals surface area contributed by atoms with Crippen molar-refractivity contribution in [3.8, 4) is 0 Å². The van der Waals surface area contributed by atoms with Gasteiger partial charge in [-0.05, 0) is 57.2 Å². The van der Waals surface area contributed by atoms with Crippen LogP contribution in [0.2, 0.25) is 0 Å². The summed E-state index contributed by atoms with van der Waals surface area (Å²) in [7, 11) is -7.65. The van der Waals surface area contributed by atoms with Crippen LogP contribution < -0.4 is 9.44 Å². The minimum atomic E-state index is -3.99. The second-order valence-electron chi connectivity index (χ2n) is 9.16. The number of benzene rings is 1. The van der Waals surface area contributed by atoms with Gasteiger partial charge in [0.15, 0.2) is 11.5 Å². The molecule has 0 spiro atoms. The Morgan fingerprint density at radius 3 is 1.57 bits per heavy atom. The maximum absolute atomic E-state index is 12.3. The van der Waals surface area contributed by atoms with Gasteiger partial charge in [0.1, 0.15) is 0 Å². The van der Waals surface area contributed by atoms with E-state index in [0.29, 0.717) is 0 Å². The van der Waals surface area contributed by atoms with Crippen molar-refractivity contribution >= 4 is 31.6 Å². The van der Waals surface area contributed by atoms with Gasteiger partial charge in [-0.25, -0.2) is 21.6 Å². The Morgan fingerprint density at radius 2 is 1.17 bits per heavy atom. The standard InChI is InChI=1S/C15H13NO6S.C11H13NO6S/c1-15(11-8-5-9-21-11)13(18)12(17)14(22-15)16-23(19,20)10-6-3-2-4-7-10;1-3-19(15,16)12-10-8(13)9(14)11(2,18-10)7-5-4-6-17-7/h2-9,16-17H,1H3;4-6,12-13H,3H2,1-2H3. The molecule has 3 aromatic rings. The molecule has 0 saturated heterocycles. The number of aliphatic hydroxyl groups excluding tert-OH is 2. The van der Waals surface area contributed by atoms with Crippen molar-refractivity contribution in [2.75, 3.05) is 5.75 Å². The summed E-state index contributed by atoms with van der Waals surface area (Å²) >= 11 is 0. The Balaban J connectivity index is 0.000000197. The maximum Gasteiger partial charge on any atom is 0.264 e. The number of carbonyl (C=O) groups excluding carboxylic acids is 2. The number of nitrogens with one attached hydrogen (secondary N) is 2. The summed E-state index contributed by atoms with van der Waals surface area (Å²) in [6.07, 6.45) is 2.70. The Hall–Kier alpha value is -4.70. The lowest BCUT2D eigenvalue weighted by Gasteiger charge is -2.20. The summed E-state index contributed by atoms with van der Waals surface area (Å²) in [5.74, 6) is -4.02. The third-order valence-electron chi connectivity index (χ3n) is 6.23. The smallest absolute Gasteiger partial charge is 0.264 e. The van der Waals surface area contributed by atoms with E-state index in [1.54, 1.807) is 30.3 Å². The van der Waals surface area contributed by atoms with Crippen LogP contribution in [0.25, 0.3) is 0 Å². The quantitative estimate of drug-likeness (QED) is 0.285. The number of ketones is 2. The molecule has 4 heterocycles. The van der Waals surface area contributed by atoms with E-state index < -0.39 is 66.1 Å². The Morgan fingerprint density at radius 1 is 0.714 bits per heavy atom. The molecule has 0 bridgehead atoms. The number of ether oxygens (including phenoxy) is 2. The summed E-state index contributed by atoms with van der Waals surface area (Å²) < 4.78 is 72.4. The van der Waals surface area contributed by atoms with E-state index in [1.807, 2.05) is 4.72 Å². The van der Waals surface area contributed by atoms with Gasteiger partial charge in [-0.1, -0.05) is 18.2 Å². The van der Waals surface area contributed by atoms with Crippen LogP contribution in [0.1, 0.15) is 32.3 Å². The number of rotatable bonds is 8. The number of hydrogen-bond acceptors (Lipinski definition) is 12. The molecule has 14 nitrogen and oxygen atoms in total. The monoisotopic (exact) mass is 622 g/mol. The zero-order valence-corrected chi connectivity index (χ0v) is 24.0. The van der Waals surface area contributed by atoms with Crippen LogP contribution >= 0.6 is 0 Å². The summed E-state index contributed by atoms with van der Waals surface area (Å²) in [6.45, 7) is 4.19. The molecule has 0 aliphatic carbocycles. The van der Waals surface area contributed by atoms with E-state index >= 15 is 0 Å². The molecule has 0 amide bonds.